The quantitative estimate of drug-likeness (QED) is 0.0929. The van der Waals surface area contributed by atoms with E-state index in [4.69, 9.17) is 4.52 Å². The molecular weight excluding hydrogens is 381 g/mol. The molecule has 0 heterocycles. The van der Waals surface area contributed by atoms with Gasteiger partial charge in [0.05, 0.1) is 27.7 Å². The number of hydrogen-bond donors (Lipinski definition) is 1. The van der Waals surface area contributed by atoms with Crippen LogP contribution >= 0.6 is 7.60 Å². The third-order valence-electron chi connectivity index (χ3n) is 5.50. The Morgan fingerprint density at radius 1 is 0.793 bits per heavy atom. The van der Waals surface area contributed by atoms with Crippen LogP contribution in [-0.2, 0) is 9.09 Å². The second-order valence-electron chi connectivity index (χ2n) is 9.37. The smallest absolute Gasteiger partial charge is 0.320 e. The molecule has 174 valence electrons. The van der Waals surface area contributed by atoms with Crippen LogP contribution in [0.2, 0.25) is 0 Å². The average Bonchev–Trinajstić information content (AvgIpc) is 2.64. The predicted molar refractivity (Wildman–Crippen MR) is 127 cm³/mol. The Hall–Kier alpha value is -0.150. The zero-order valence-corrected chi connectivity index (χ0v) is 21.1. The van der Waals surface area contributed by atoms with Crippen LogP contribution in [0.15, 0.2) is 12.2 Å². The fraction of sp³-hybridized carbons (Fsp3) is 0.917. The van der Waals surface area contributed by atoms with Gasteiger partial charge >= 0.3 is 7.60 Å². The van der Waals surface area contributed by atoms with Crippen molar-refractivity contribution in [3.63, 3.8) is 0 Å². The lowest BCUT2D eigenvalue weighted by Gasteiger charge is -2.35. The lowest BCUT2D eigenvalue weighted by atomic mass is 10.1. The summed E-state index contributed by atoms with van der Waals surface area (Å²) < 4.78 is 18.5. The Balaban J connectivity index is 3.64. The summed E-state index contributed by atoms with van der Waals surface area (Å²) in [6.45, 7) is 4.71. The molecular formula is C24H51NO3P+. The molecule has 0 saturated heterocycles. The van der Waals surface area contributed by atoms with Gasteiger partial charge in [0.25, 0.3) is 0 Å². The van der Waals surface area contributed by atoms with Gasteiger partial charge < -0.3 is 13.9 Å². The maximum atomic E-state index is 12.6. The minimum Gasteiger partial charge on any atom is -0.320 e. The Labute approximate surface area is 182 Å². The van der Waals surface area contributed by atoms with E-state index in [1.165, 1.54) is 70.6 Å². The van der Waals surface area contributed by atoms with Crippen molar-refractivity contribution in [3.05, 3.63) is 12.2 Å². The molecule has 0 fully saturated rings. The molecule has 0 saturated carbocycles. The van der Waals surface area contributed by atoms with Gasteiger partial charge in [0.2, 0.25) is 0 Å². The average molecular weight is 433 g/mol. The first-order valence-corrected chi connectivity index (χ1v) is 13.8. The van der Waals surface area contributed by atoms with Crippen molar-refractivity contribution in [1.82, 2.24) is 0 Å². The van der Waals surface area contributed by atoms with Crippen LogP contribution in [0.1, 0.15) is 110 Å². The monoisotopic (exact) mass is 432 g/mol. The van der Waals surface area contributed by atoms with E-state index in [-0.39, 0.29) is 5.78 Å². The van der Waals surface area contributed by atoms with Gasteiger partial charge in [-0.1, -0.05) is 77.4 Å². The molecule has 0 amide bonds. The molecule has 29 heavy (non-hydrogen) atoms. The Kier molecular flexibility index (Phi) is 17.4. The van der Waals surface area contributed by atoms with E-state index >= 15 is 0 Å². The minimum absolute atomic E-state index is 0.336. The van der Waals surface area contributed by atoms with Crippen molar-refractivity contribution in [3.8, 4) is 0 Å². The van der Waals surface area contributed by atoms with Crippen LogP contribution in [0.5, 0.6) is 0 Å². The summed E-state index contributed by atoms with van der Waals surface area (Å²) in [5.41, 5.74) is 0. The number of allylic oxidation sites excluding steroid dienone is 2. The number of quaternary nitrogens is 1. The van der Waals surface area contributed by atoms with Gasteiger partial charge in [-0.15, -0.1) is 0 Å². The highest BCUT2D eigenvalue weighted by Gasteiger charge is 2.41. The molecule has 0 spiro atoms. The van der Waals surface area contributed by atoms with E-state index in [1.807, 2.05) is 28.1 Å². The van der Waals surface area contributed by atoms with E-state index in [0.29, 0.717) is 17.5 Å². The van der Waals surface area contributed by atoms with Crippen molar-refractivity contribution in [2.45, 2.75) is 116 Å². The van der Waals surface area contributed by atoms with Crippen molar-refractivity contribution in [2.24, 2.45) is 0 Å². The molecule has 2 unspecified atom stereocenters. The molecule has 0 aromatic heterocycles. The van der Waals surface area contributed by atoms with Gasteiger partial charge in [0.15, 0.2) is 5.78 Å². The second-order valence-corrected chi connectivity index (χ2v) is 11.3. The first kappa shape index (κ1) is 28.9. The molecule has 0 bridgehead atoms. The number of unbranched alkanes of at least 4 members (excludes halogenated alkanes) is 11. The largest absolute Gasteiger partial charge is 0.385 e. The summed E-state index contributed by atoms with van der Waals surface area (Å²) in [6, 6.07) is 0. The molecule has 0 aromatic rings. The Morgan fingerprint density at radius 3 is 1.76 bits per heavy atom. The summed E-state index contributed by atoms with van der Waals surface area (Å²) in [5.74, 6) is -0.336. The van der Waals surface area contributed by atoms with Gasteiger partial charge in [-0.05, 0) is 38.5 Å². The molecule has 0 aromatic carbocycles. The molecule has 0 aliphatic rings. The minimum atomic E-state index is -3.56. The van der Waals surface area contributed by atoms with Gasteiger partial charge in [-0.25, -0.2) is 0 Å². The molecule has 0 aliphatic heterocycles. The van der Waals surface area contributed by atoms with Crippen molar-refractivity contribution < 1.29 is 18.5 Å². The summed E-state index contributed by atoms with van der Waals surface area (Å²) >= 11 is 0. The highest BCUT2D eigenvalue weighted by molar-refractivity contribution is 7.53. The van der Waals surface area contributed by atoms with E-state index in [9.17, 15) is 9.46 Å². The van der Waals surface area contributed by atoms with Crippen molar-refractivity contribution >= 4 is 7.60 Å². The lowest BCUT2D eigenvalue weighted by Crippen LogP contribution is -2.45. The van der Waals surface area contributed by atoms with Gasteiger partial charge in [-0.2, -0.15) is 0 Å². The summed E-state index contributed by atoms with van der Waals surface area (Å²) in [4.78, 5) is 10.4. The molecule has 4 nitrogen and oxygen atoms in total. The lowest BCUT2D eigenvalue weighted by molar-refractivity contribution is -0.883. The van der Waals surface area contributed by atoms with Crippen LogP contribution in [-0.4, -0.2) is 42.9 Å². The van der Waals surface area contributed by atoms with E-state index in [0.717, 1.165) is 19.3 Å². The highest BCUT2D eigenvalue weighted by Crippen LogP contribution is 2.51. The molecule has 0 rings (SSSR count). The maximum absolute atomic E-state index is 12.6. The van der Waals surface area contributed by atoms with Crippen molar-refractivity contribution in [1.29, 1.82) is 0 Å². The Morgan fingerprint density at radius 2 is 1.28 bits per heavy atom. The third-order valence-corrected chi connectivity index (χ3v) is 7.76. The predicted octanol–water partition coefficient (Wildman–Crippen LogP) is 7.67. The fourth-order valence-corrected chi connectivity index (χ4v) is 5.72. The van der Waals surface area contributed by atoms with Crippen LogP contribution < -0.4 is 0 Å². The number of rotatable bonds is 20. The summed E-state index contributed by atoms with van der Waals surface area (Å²) in [5, 5.41) is 0. The van der Waals surface area contributed by atoms with Gasteiger partial charge in [0, 0.05) is 6.42 Å². The standard InChI is InChI=1S/C24H50NO3P/c1-6-8-9-10-11-12-13-14-15-16-17-18-19-20-21-23-28-29(26,27)24(22-7-2)25(3,4)5/h13-14,24H,6-12,15-23H2,1-5H3/p+1/b14-13-. The van der Waals surface area contributed by atoms with Crippen LogP contribution in [0.4, 0.5) is 0 Å². The van der Waals surface area contributed by atoms with E-state index in [1.54, 1.807) is 0 Å². The molecule has 2 atom stereocenters. The molecule has 0 radical (unpaired) electrons. The fourth-order valence-electron chi connectivity index (χ4n) is 3.70. The number of nitrogens with zero attached hydrogens (tertiary/aromatic N) is 1. The molecule has 5 heteroatoms. The summed E-state index contributed by atoms with van der Waals surface area (Å²) in [7, 11) is 2.34. The van der Waals surface area contributed by atoms with E-state index in [2.05, 4.69) is 19.1 Å². The normalized spacial score (nSPS) is 15.7. The second kappa shape index (κ2) is 17.5. The van der Waals surface area contributed by atoms with E-state index < -0.39 is 7.60 Å². The number of hydrogen-bond acceptors (Lipinski definition) is 2. The molecule has 0 aliphatic carbocycles. The van der Waals surface area contributed by atoms with Gasteiger partial charge in [-0.3, -0.25) is 4.57 Å². The topological polar surface area (TPSA) is 46.5 Å². The first-order chi connectivity index (χ1) is 13.8. The van der Waals surface area contributed by atoms with Crippen LogP contribution in [0, 0.1) is 0 Å². The SMILES string of the molecule is CCCCCCC/C=C\CCCCCCCCOP(=O)(O)C(CCC)[N+](C)(C)C. The van der Waals surface area contributed by atoms with Crippen LogP contribution in [0.3, 0.4) is 0 Å². The first-order valence-electron chi connectivity index (χ1n) is 12.2. The maximum Gasteiger partial charge on any atom is 0.385 e. The third kappa shape index (κ3) is 16.2. The zero-order chi connectivity index (χ0) is 22.0. The zero-order valence-electron chi connectivity index (χ0n) is 20.2. The Bertz CT molecular complexity index is 446. The van der Waals surface area contributed by atoms with Crippen LogP contribution in [0.25, 0.3) is 0 Å². The highest BCUT2D eigenvalue weighted by atomic mass is 31.2. The van der Waals surface area contributed by atoms with Gasteiger partial charge in [0.1, 0.15) is 0 Å². The molecule has 1 N–H and O–H groups in total. The van der Waals surface area contributed by atoms with Crippen molar-refractivity contribution in [2.75, 3.05) is 27.7 Å². The summed E-state index contributed by atoms with van der Waals surface area (Å²) in [6.07, 6.45) is 22.5.